The lowest BCUT2D eigenvalue weighted by atomic mass is 10.2. The average Bonchev–Trinajstić information content (AvgIpc) is 3.08. The highest BCUT2D eigenvalue weighted by molar-refractivity contribution is 5.81. The molecule has 100 valence electrons. The van der Waals surface area contributed by atoms with Crippen molar-refractivity contribution in [1.29, 1.82) is 0 Å². The summed E-state index contributed by atoms with van der Waals surface area (Å²) < 4.78 is 1.94. The summed E-state index contributed by atoms with van der Waals surface area (Å²) in [5, 5.41) is 14.3. The molecule has 6 heteroatoms. The summed E-state index contributed by atoms with van der Waals surface area (Å²) in [6.07, 6.45) is 4.63. The molecule has 1 fully saturated rings. The highest BCUT2D eigenvalue weighted by Crippen LogP contribution is 2.05. The average molecular weight is 259 g/mol. The van der Waals surface area contributed by atoms with Gasteiger partial charge in [-0.1, -0.05) is 6.07 Å². The summed E-state index contributed by atoms with van der Waals surface area (Å²) in [6.45, 7) is 1.53. The monoisotopic (exact) mass is 259 g/mol. The standard InChI is InChI=1S/C13H17N5O/c19-13(10-4-3-7-14-10)15-8-6-12-17-16-11-5-1-2-9-18(11)12/h1-2,5,9-10,14H,3-4,6-8H2,(H,15,19)/t10-/m0/s1. The van der Waals surface area contributed by atoms with Crippen LogP contribution in [-0.4, -0.2) is 39.6 Å². The van der Waals surface area contributed by atoms with E-state index in [1.54, 1.807) is 0 Å². The Bertz CT molecular complexity index is 573. The second-order valence-electron chi connectivity index (χ2n) is 4.74. The number of nitrogens with zero attached hydrogens (tertiary/aromatic N) is 3. The fourth-order valence-corrected chi connectivity index (χ4v) is 2.39. The van der Waals surface area contributed by atoms with Gasteiger partial charge in [-0.2, -0.15) is 0 Å². The minimum absolute atomic E-state index is 0.0184. The van der Waals surface area contributed by atoms with Crippen molar-refractivity contribution < 1.29 is 4.79 Å². The van der Waals surface area contributed by atoms with Crippen LogP contribution in [0.4, 0.5) is 0 Å². The van der Waals surface area contributed by atoms with Gasteiger partial charge in [-0.15, -0.1) is 10.2 Å². The van der Waals surface area contributed by atoms with Crippen LogP contribution in [0.3, 0.4) is 0 Å². The molecule has 3 rings (SSSR count). The van der Waals surface area contributed by atoms with E-state index in [9.17, 15) is 4.79 Å². The number of nitrogens with one attached hydrogen (secondary N) is 2. The van der Waals surface area contributed by atoms with Crippen LogP contribution in [0, 0.1) is 0 Å². The zero-order valence-corrected chi connectivity index (χ0v) is 10.7. The van der Waals surface area contributed by atoms with E-state index in [4.69, 9.17) is 0 Å². The van der Waals surface area contributed by atoms with E-state index in [2.05, 4.69) is 20.8 Å². The number of pyridine rings is 1. The molecule has 0 aromatic carbocycles. The maximum Gasteiger partial charge on any atom is 0.237 e. The van der Waals surface area contributed by atoms with Crippen LogP contribution in [-0.2, 0) is 11.2 Å². The SMILES string of the molecule is O=C(NCCc1nnc2ccccn12)[C@@H]1CCCN1. The Hall–Kier alpha value is -1.95. The Kier molecular flexibility index (Phi) is 3.41. The number of carbonyl (C=O) groups excluding carboxylic acids is 1. The predicted octanol–water partition coefficient (Wildman–Crippen LogP) is 0.140. The summed E-state index contributed by atoms with van der Waals surface area (Å²) in [5.74, 6) is 0.960. The zero-order chi connectivity index (χ0) is 13.1. The van der Waals surface area contributed by atoms with Crippen LogP contribution in [0.2, 0.25) is 0 Å². The van der Waals surface area contributed by atoms with Crippen molar-refractivity contribution >= 4 is 11.6 Å². The van der Waals surface area contributed by atoms with Crippen molar-refractivity contribution in [2.24, 2.45) is 0 Å². The topological polar surface area (TPSA) is 71.3 Å². The number of carbonyl (C=O) groups is 1. The molecule has 19 heavy (non-hydrogen) atoms. The molecule has 2 aromatic rings. The van der Waals surface area contributed by atoms with Gasteiger partial charge in [0.15, 0.2) is 5.65 Å². The van der Waals surface area contributed by atoms with E-state index in [-0.39, 0.29) is 11.9 Å². The van der Waals surface area contributed by atoms with Gasteiger partial charge in [0.1, 0.15) is 5.82 Å². The Morgan fingerprint density at radius 2 is 2.42 bits per heavy atom. The molecule has 3 heterocycles. The van der Waals surface area contributed by atoms with E-state index < -0.39 is 0 Å². The molecule has 0 unspecified atom stereocenters. The Balaban J connectivity index is 1.56. The van der Waals surface area contributed by atoms with Crippen LogP contribution >= 0.6 is 0 Å². The van der Waals surface area contributed by atoms with Gasteiger partial charge in [-0.3, -0.25) is 9.20 Å². The third kappa shape index (κ3) is 2.58. The maximum atomic E-state index is 11.8. The normalized spacial score (nSPS) is 18.8. The second-order valence-corrected chi connectivity index (χ2v) is 4.74. The first-order chi connectivity index (χ1) is 9.34. The Morgan fingerprint density at radius 3 is 3.26 bits per heavy atom. The summed E-state index contributed by atoms with van der Waals surface area (Å²) in [7, 11) is 0. The van der Waals surface area contributed by atoms with Gasteiger partial charge in [0, 0.05) is 19.2 Å². The molecule has 2 N–H and O–H groups in total. The fourth-order valence-electron chi connectivity index (χ4n) is 2.39. The van der Waals surface area contributed by atoms with Crippen molar-refractivity contribution in [3.8, 4) is 0 Å². The fraction of sp³-hybridized carbons (Fsp3) is 0.462. The highest BCUT2D eigenvalue weighted by Gasteiger charge is 2.21. The Morgan fingerprint density at radius 1 is 1.47 bits per heavy atom. The van der Waals surface area contributed by atoms with Crippen LogP contribution in [0.25, 0.3) is 5.65 Å². The molecule has 0 saturated carbocycles. The first-order valence-corrected chi connectivity index (χ1v) is 6.64. The van der Waals surface area contributed by atoms with E-state index in [0.29, 0.717) is 13.0 Å². The van der Waals surface area contributed by atoms with Crippen LogP contribution in [0.5, 0.6) is 0 Å². The van der Waals surface area contributed by atoms with Gasteiger partial charge in [0.2, 0.25) is 5.91 Å². The van der Waals surface area contributed by atoms with Crippen LogP contribution in [0.1, 0.15) is 18.7 Å². The Labute approximate surface area is 111 Å². The molecule has 0 radical (unpaired) electrons. The van der Waals surface area contributed by atoms with Crippen molar-refractivity contribution in [1.82, 2.24) is 25.2 Å². The lowest BCUT2D eigenvalue weighted by Gasteiger charge is -2.10. The van der Waals surface area contributed by atoms with Crippen LogP contribution in [0.15, 0.2) is 24.4 Å². The number of hydrogen-bond acceptors (Lipinski definition) is 4. The summed E-state index contributed by atoms with van der Waals surface area (Å²) >= 11 is 0. The lowest BCUT2D eigenvalue weighted by Crippen LogP contribution is -2.41. The number of hydrogen-bond donors (Lipinski definition) is 2. The molecule has 2 aromatic heterocycles. The van der Waals surface area contributed by atoms with Crippen molar-refractivity contribution in [3.05, 3.63) is 30.2 Å². The number of fused-ring (bicyclic) bond motifs is 1. The zero-order valence-electron chi connectivity index (χ0n) is 10.7. The minimum Gasteiger partial charge on any atom is -0.354 e. The third-order valence-corrected chi connectivity index (χ3v) is 3.41. The molecule has 1 saturated heterocycles. The van der Waals surface area contributed by atoms with E-state index >= 15 is 0 Å². The first-order valence-electron chi connectivity index (χ1n) is 6.64. The summed E-state index contributed by atoms with van der Waals surface area (Å²) in [4.78, 5) is 11.8. The van der Waals surface area contributed by atoms with Gasteiger partial charge in [-0.05, 0) is 31.5 Å². The molecular weight excluding hydrogens is 242 g/mol. The smallest absolute Gasteiger partial charge is 0.237 e. The molecule has 1 amide bonds. The maximum absolute atomic E-state index is 11.8. The molecule has 0 bridgehead atoms. The molecule has 1 aliphatic rings. The van der Waals surface area contributed by atoms with Gasteiger partial charge in [0.25, 0.3) is 0 Å². The number of amides is 1. The summed E-state index contributed by atoms with van der Waals surface area (Å²) in [6, 6.07) is 5.77. The third-order valence-electron chi connectivity index (χ3n) is 3.41. The molecule has 0 spiro atoms. The van der Waals surface area contributed by atoms with Gasteiger partial charge >= 0.3 is 0 Å². The van der Waals surface area contributed by atoms with Gasteiger partial charge in [-0.25, -0.2) is 0 Å². The largest absolute Gasteiger partial charge is 0.354 e. The number of aromatic nitrogens is 3. The molecule has 1 atom stereocenters. The molecular formula is C13H17N5O. The van der Waals surface area contributed by atoms with Crippen molar-refractivity contribution in [2.75, 3.05) is 13.1 Å². The van der Waals surface area contributed by atoms with E-state index in [1.807, 2.05) is 28.8 Å². The second kappa shape index (κ2) is 5.36. The molecule has 6 nitrogen and oxygen atoms in total. The van der Waals surface area contributed by atoms with Gasteiger partial charge in [0.05, 0.1) is 6.04 Å². The van der Waals surface area contributed by atoms with Crippen molar-refractivity contribution in [2.45, 2.75) is 25.3 Å². The molecule has 1 aliphatic heterocycles. The first kappa shape index (κ1) is 12.1. The highest BCUT2D eigenvalue weighted by atomic mass is 16.2. The van der Waals surface area contributed by atoms with E-state index in [1.165, 1.54) is 0 Å². The number of rotatable bonds is 4. The van der Waals surface area contributed by atoms with Gasteiger partial charge < -0.3 is 10.6 Å². The van der Waals surface area contributed by atoms with Crippen LogP contribution < -0.4 is 10.6 Å². The molecule has 0 aliphatic carbocycles. The van der Waals surface area contributed by atoms with E-state index in [0.717, 1.165) is 30.9 Å². The van der Waals surface area contributed by atoms with Crippen molar-refractivity contribution in [3.63, 3.8) is 0 Å². The summed E-state index contributed by atoms with van der Waals surface area (Å²) in [5.41, 5.74) is 0.835. The predicted molar refractivity (Wildman–Crippen MR) is 70.7 cm³/mol. The lowest BCUT2D eigenvalue weighted by molar-refractivity contribution is -0.122. The quantitative estimate of drug-likeness (QED) is 0.819. The minimum atomic E-state index is -0.0184.